The standard InChI is InChI=1S/C23H28N2O5/c1-23(28-14-7-15-29-23)19-16-18(30-24-12-5-6-13-24)10-11-20(19)25(17-26)21-8-3-4-9-22(21)27-2/h3-4,8-11,16-17H,5-7,12-15H2,1-2H3. The molecule has 0 radical (unpaired) electrons. The number of ether oxygens (including phenoxy) is 3. The number of carbonyl (C=O) groups is 1. The molecular formula is C23H28N2O5. The molecule has 0 aromatic heterocycles. The second-order valence-corrected chi connectivity index (χ2v) is 7.55. The van der Waals surface area contributed by atoms with Gasteiger partial charge in [-0.05, 0) is 56.5 Å². The molecule has 2 aromatic carbocycles. The number of carbonyl (C=O) groups excluding carboxylic acids is 1. The van der Waals surface area contributed by atoms with E-state index in [-0.39, 0.29) is 0 Å². The number of methoxy groups -OCH3 is 1. The second kappa shape index (κ2) is 9.04. The monoisotopic (exact) mass is 412 g/mol. The molecule has 1 amide bonds. The molecule has 0 spiro atoms. The predicted molar refractivity (Wildman–Crippen MR) is 113 cm³/mol. The molecule has 0 atom stereocenters. The van der Waals surface area contributed by atoms with Crippen molar-refractivity contribution in [2.75, 3.05) is 38.3 Å². The lowest BCUT2D eigenvalue weighted by molar-refractivity contribution is -0.264. The molecule has 2 aliphatic rings. The summed E-state index contributed by atoms with van der Waals surface area (Å²) in [5.41, 5.74) is 2.04. The number of hydroxylamine groups is 2. The Hall–Kier alpha value is -2.61. The van der Waals surface area contributed by atoms with Gasteiger partial charge in [-0.15, -0.1) is 5.06 Å². The topological polar surface area (TPSA) is 60.5 Å². The van der Waals surface area contributed by atoms with Crippen LogP contribution < -0.4 is 14.5 Å². The largest absolute Gasteiger partial charge is 0.495 e. The number of hydrogen-bond donors (Lipinski definition) is 0. The molecule has 0 saturated carbocycles. The summed E-state index contributed by atoms with van der Waals surface area (Å²) < 4.78 is 17.6. The van der Waals surface area contributed by atoms with Gasteiger partial charge in [0, 0.05) is 18.7 Å². The van der Waals surface area contributed by atoms with Gasteiger partial charge in [-0.25, -0.2) is 0 Å². The molecule has 2 aliphatic heterocycles. The number of hydrogen-bond acceptors (Lipinski definition) is 6. The van der Waals surface area contributed by atoms with Gasteiger partial charge in [0.2, 0.25) is 6.41 Å². The lowest BCUT2D eigenvalue weighted by Gasteiger charge is -2.37. The Morgan fingerprint density at radius 2 is 1.77 bits per heavy atom. The highest BCUT2D eigenvalue weighted by molar-refractivity contribution is 5.90. The molecule has 4 rings (SSSR count). The molecule has 2 heterocycles. The maximum atomic E-state index is 12.2. The third-order valence-electron chi connectivity index (χ3n) is 5.51. The van der Waals surface area contributed by atoms with Crippen LogP contribution in [0.3, 0.4) is 0 Å². The number of benzene rings is 2. The van der Waals surface area contributed by atoms with Crippen LogP contribution in [0.15, 0.2) is 42.5 Å². The van der Waals surface area contributed by atoms with Gasteiger partial charge in [-0.2, -0.15) is 0 Å². The minimum Gasteiger partial charge on any atom is -0.495 e. The molecule has 2 aromatic rings. The smallest absolute Gasteiger partial charge is 0.218 e. The second-order valence-electron chi connectivity index (χ2n) is 7.55. The van der Waals surface area contributed by atoms with Crippen LogP contribution in [0.4, 0.5) is 11.4 Å². The molecule has 0 unspecified atom stereocenters. The van der Waals surface area contributed by atoms with Crippen molar-refractivity contribution in [2.24, 2.45) is 0 Å². The fraction of sp³-hybridized carbons (Fsp3) is 0.435. The minimum atomic E-state index is -0.985. The van der Waals surface area contributed by atoms with Gasteiger partial charge in [0.25, 0.3) is 0 Å². The van der Waals surface area contributed by atoms with Crippen LogP contribution in [-0.2, 0) is 20.1 Å². The van der Waals surface area contributed by atoms with E-state index in [1.807, 2.05) is 54.5 Å². The number of anilines is 2. The number of amides is 1. The van der Waals surface area contributed by atoms with E-state index in [0.717, 1.165) is 44.3 Å². The average molecular weight is 412 g/mol. The first-order valence-electron chi connectivity index (χ1n) is 10.4. The van der Waals surface area contributed by atoms with Crippen molar-refractivity contribution >= 4 is 17.8 Å². The fourth-order valence-corrected chi connectivity index (χ4v) is 3.94. The Morgan fingerprint density at radius 1 is 1.03 bits per heavy atom. The first-order chi connectivity index (χ1) is 14.6. The van der Waals surface area contributed by atoms with Gasteiger partial charge >= 0.3 is 0 Å². The van der Waals surface area contributed by atoms with Gasteiger partial charge in [-0.3, -0.25) is 9.69 Å². The van der Waals surface area contributed by atoms with Gasteiger partial charge in [0.1, 0.15) is 11.5 Å². The van der Waals surface area contributed by atoms with Gasteiger partial charge in [-0.1, -0.05) is 12.1 Å². The summed E-state index contributed by atoms with van der Waals surface area (Å²) in [6, 6.07) is 13.1. The molecule has 7 nitrogen and oxygen atoms in total. The summed E-state index contributed by atoms with van der Waals surface area (Å²) in [7, 11) is 1.59. The van der Waals surface area contributed by atoms with Crippen molar-refractivity contribution in [2.45, 2.75) is 32.0 Å². The van der Waals surface area contributed by atoms with Crippen LogP contribution in [0.25, 0.3) is 0 Å². The van der Waals surface area contributed by atoms with Crippen LogP contribution in [-0.4, -0.2) is 44.9 Å². The molecule has 0 aliphatic carbocycles. The lowest BCUT2D eigenvalue weighted by Crippen LogP contribution is -2.36. The van der Waals surface area contributed by atoms with Crippen LogP contribution >= 0.6 is 0 Å². The minimum absolute atomic E-state index is 0.586. The van der Waals surface area contributed by atoms with E-state index < -0.39 is 5.79 Å². The third-order valence-corrected chi connectivity index (χ3v) is 5.51. The van der Waals surface area contributed by atoms with E-state index in [0.29, 0.717) is 36.1 Å². The number of para-hydroxylation sites is 2. The first-order valence-corrected chi connectivity index (χ1v) is 10.4. The van der Waals surface area contributed by atoms with E-state index in [9.17, 15) is 4.79 Å². The van der Waals surface area contributed by atoms with Crippen LogP contribution in [0.1, 0.15) is 31.7 Å². The average Bonchev–Trinajstić information content (AvgIpc) is 3.29. The summed E-state index contributed by atoms with van der Waals surface area (Å²) in [5, 5.41) is 1.96. The molecule has 30 heavy (non-hydrogen) atoms. The maximum absolute atomic E-state index is 12.2. The fourth-order valence-electron chi connectivity index (χ4n) is 3.94. The van der Waals surface area contributed by atoms with Gasteiger partial charge in [0.15, 0.2) is 5.79 Å². The van der Waals surface area contributed by atoms with Crippen molar-refractivity contribution in [3.05, 3.63) is 48.0 Å². The van der Waals surface area contributed by atoms with Crippen LogP contribution in [0.2, 0.25) is 0 Å². The molecule has 2 fully saturated rings. The zero-order valence-corrected chi connectivity index (χ0v) is 17.5. The van der Waals surface area contributed by atoms with Crippen molar-refractivity contribution in [3.8, 4) is 11.5 Å². The van der Waals surface area contributed by atoms with E-state index in [1.54, 1.807) is 12.0 Å². The Morgan fingerprint density at radius 3 is 2.47 bits per heavy atom. The van der Waals surface area contributed by atoms with E-state index in [1.165, 1.54) is 0 Å². The molecule has 160 valence electrons. The molecule has 2 saturated heterocycles. The summed E-state index contributed by atoms with van der Waals surface area (Å²) in [6.45, 7) is 4.87. The zero-order chi connectivity index (χ0) is 21.0. The lowest BCUT2D eigenvalue weighted by atomic mass is 10.0. The highest BCUT2D eigenvalue weighted by atomic mass is 16.7. The van der Waals surface area contributed by atoms with E-state index in [2.05, 4.69) is 0 Å². The third kappa shape index (κ3) is 4.14. The normalized spacial score (nSPS) is 18.7. The molecule has 0 bridgehead atoms. The summed E-state index contributed by atoms with van der Waals surface area (Å²) in [6.07, 6.45) is 3.87. The number of nitrogens with zero attached hydrogens (tertiary/aromatic N) is 2. The molecular weight excluding hydrogens is 384 g/mol. The Balaban J connectivity index is 1.77. The summed E-state index contributed by atoms with van der Waals surface area (Å²) >= 11 is 0. The quantitative estimate of drug-likeness (QED) is 0.641. The van der Waals surface area contributed by atoms with Crippen molar-refractivity contribution in [3.63, 3.8) is 0 Å². The summed E-state index contributed by atoms with van der Waals surface area (Å²) in [4.78, 5) is 19.8. The zero-order valence-electron chi connectivity index (χ0n) is 17.5. The predicted octanol–water partition coefficient (Wildman–Crippen LogP) is 3.99. The van der Waals surface area contributed by atoms with Crippen molar-refractivity contribution in [1.29, 1.82) is 0 Å². The van der Waals surface area contributed by atoms with E-state index in [4.69, 9.17) is 19.0 Å². The van der Waals surface area contributed by atoms with Gasteiger partial charge < -0.3 is 19.0 Å². The molecule has 7 heteroatoms. The first kappa shape index (κ1) is 20.7. The van der Waals surface area contributed by atoms with Gasteiger partial charge in [0.05, 0.1) is 31.7 Å². The highest BCUT2D eigenvalue weighted by Gasteiger charge is 2.36. The highest BCUT2D eigenvalue weighted by Crippen LogP contribution is 2.42. The SMILES string of the molecule is COc1ccccc1N(C=O)c1ccc(ON2CCCC2)cc1C1(C)OCCCO1. The molecule has 0 N–H and O–H groups in total. The Kier molecular flexibility index (Phi) is 6.22. The number of rotatable bonds is 7. The van der Waals surface area contributed by atoms with Crippen molar-refractivity contribution in [1.82, 2.24) is 5.06 Å². The van der Waals surface area contributed by atoms with Crippen LogP contribution in [0, 0.1) is 0 Å². The van der Waals surface area contributed by atoms with Crippen molar-refractivity contribution < 1.29 is 23.8 Å². The van der Waals surface area contributed by atoms with Crippen LogP contribution in [0.5, 0.6) is 11.5 Å². The Labute approximate surface area is 177 Å². The van der Waals surface area contributed by atoms with E-state index >= 15 is 0 Å². The maximum Gasteiger partial charge on any atom is 0.218 e. The Bertz CT molecular complexity index is 876. The summed E-state index contributed by atoms with van der Waals surface area (Å²) in [5.74, 6) is 0.311.